The molecule has 1 N–H and O–H groups in total. The maximum atomic E-state index is 12.0. The molecule has 5 heteroatoms. The molecule has 104 valence electrons. The summed E-state index contributed by atoms with van der Waals surface area (Å²) in [5.41, 5.74) is 1.14. The standard InChI is InChI=1S/C15H16N2O2S/c18-15(10-20-11-4-7-16-8-5-11)17-13-2-1-3-14-12(13)6-9-19-14/h4-9,13H,1-3,10H2,(H,17,18). The third-order valence-corrected chi connectivity index (χ3v) is 4.42. The Bertz CT molecular complexity index is 583. The van der Waals surface area contributed by atoms with Crippen LogP contribution in [0.4, 0.5) is 0 Å². The van der Waals surface area contributed by atoms with Crippen LogP contribution in [0.3, 0.4) is 0 Å². The van der Waals surface area contributed by atoms with Gasteiger partial charge in [-0.1, -0.05) is 0 Å². The number of amides is 1. The Balaban J connectivity index is 1.55. The molecule has 1 amide bonds. The molecule has 0 saturated carbocycles. The average molecular weight is 288 g/mol. The molecule has 3 rings (SSSR count). The number of nitrogens with zero attached hydrogens (tertiary/aromatic N) is 1. The number of thioether (sulfide) groups is 1. The largest absolute Gasteiger partial charge is 0.469 e. The number of aryl methyl sites for hydroxylation is 1. The Kier molecular flexibility index (Phi) is 4.06. The van der Waals surface area contributed by atoms with E-state index in [1.165, 1.54) is 11.8 Å². The topological polar surface area (TPSA) is 55.1 Å². The third kappa shape index (κ3) is 3.04. The second kappa shape index (κ2) is 6.13. The molecular formula is C15H16N2O2S. The molecule has 1 aliphatic carbocycles. The van der Waals surface area contributed by atoms with Gasteiger partial charge in [-0.2, -0.15) is 0 Å². The maximum Gasteiger partial charge on any atom is 0.230 e. The van der Waals surface area contributed by atoms with Crippen molar-refractivity contribution < 1.29 is 9.21 Å². The number of aromatic nitrogens is 1. The molecule has 0 bridgehead atoms. The van der Waals surface area contributed by atoms with Gasteiger partial charge in [-0.3, -0.25) is 9.78 Å². The molecule has 0 spiro atoms. The summed E-state index contributed by atoms with van der Waals surface area (Å²) in [7, 11) is 0. The van der Waals surface area contributed by atoms with Crippen LogP contribution in [0.2, 0.25) is 0 Å². The Hall–Kier alpha value is -1.75. The minimum atomic E-state index is 0.0610. The first kappa shape index (κ1) is 13.2. The van der Waals surface area contributed by atoms with Gasteiger partial charge in [0.05, 0.1) is 18.1 Å². The Labute approximate surface area is 122 Å². The number of carbonyl (C=O) groups excluding carboxylic acids is 1. The predicted molar refractivity (Wildman–Crippen MR) is 77.5 cm³/mol. The Morgan fingerprint density at radius 1 is 1.40 bits per heavy atom. The van der Waals surface area contributed by atoms with Crippen LogP contribution in [-0.2, 0) is 11.2 Å². The van der Waals surface area contributed by atoms with E-state index in [0.29, 0.717) is 5.75 Å². The van der Waals surface area contributed by atoms with E-state index in [2.05, 4.69) is 10.3 Å². The second-order valence-corrected chi connectivity index (χ2v) is 5.83. The van der Waals surface area contributed by atoms with Crippen LogP contribution in [-0.4, -0.2) is 16.6 Å². The Morgan fingerprint density at radius 2 is 2.25 bits per heavy atom. The molecule has 2 heterocycles. The van der Waals surface area contributed by atoms with Crippen LogP contribution in [0.15, 0.2) is 46.2 Å². The number of pyridine rings is 1. The van der Waals surface area contributed by atoms with Gasteiger partial charge in [0.1, 0.15) is 5.76 Å². The second-order valence-electron chi connectivity index (χ2n) is 4.78. The van der Waals surface area contributed by atoms with Crippen molar-refractivity contribution in [1.82, 2.24) is 10.3 Å². The van der Waals surface area contributed by atoms with Crippen LogP contribution in [0.25, 0.3) is 0 Å². The number of hydrogen-bond donors (Lipinski definition) is 1. The van der Waals surface area contributed by atoms with E-state index in [0.717, 1.165) is 35.5 Å². The fourth-order valence-corrected chi connectivity index (χ4v) is 3.15. The van der Waals surface area contributed by atoms with Gasteiger partial charge in [0.2, 0.25) is 5.91 Å². The van der Waals surface area contributed by atoms with Crippen molar-refractivity contribution in [3.05, 3.63) is 48.2 Å². The molecule has 0 aromatic carbocycles. The summed E-state index contributed by atoms with van der Waals surface area (Å²) in [4.78, 5) is 17.1. The highest BCUT2D eigenvalue weighted by Crippen LogP contribution is 2.30. The molecule has 20 heavy (non-hydrogen) atoms. The van der Waals surface area contributed by atoms with Crippen LogP contribution in [0, 0.1) is 0 Å². The normalized spacial score (nSPS) is 17.5. The number of nitrogens with one attached hydrogen (secondary N) is 1. The SMILES string of the molecule is O=C(CSc1ccncc1)NC1CCCc2occc21. The van der Waals surface area contributed by atoms with Crippen molar-refractivity contribution in [2.45, 2.75) is 30.2 Å². The van der Waals surface area contributed by atoms with Gasteiger partial charge in [0.25, 0.3) is 0 Å². The summed E-state index contributed by atoms with van der Waals surface area (Å²) in [6.45, 7) is 0. The number of hydrogen-bond acceptors (Lipinski definition) is 4. The molecule has 4 nitrogen and oxygen atoms in total. The summed E-state index contributed by atoms with van der Waals surface area (Å²) in [6, 6.07) is 5.89. The summed E-state index contributed by atoms with van der Waals surface area (Å²) in [5.74, 6) is 1.50. The molecule has 1 aliphatic rings. The van der Waals surface area contributed by atoms with Crippen molar-refractivity contribution in [3.63, 3.8) is 0 Å². The molecule has 1 atom stereocenters. The van der Waals surface area contributed by atoms with E-state index >= 15 is 0 Å². The van der Waals surface area contributed by atoms with Gasteiger partial charge in [0, 0.05) is 29.3 Å². The fourth-order valence-electron chi connectivity index (χ4n) is 2.46. The van der Waals surface area contributed by atoms with E-state index < -0.39 is 0 Å². The van der Waals surface area contributed by atoms with Gasteiger partial charge >= 0.3 is 0 Å². The summed E-state index contributed by atoms with van der Waals surface area (Å²) in [6.07, 6.45) is 8.20. The molecule has 2 aromatic heterocycles. The minimum Gasteiger partial charge on any atom is -0.469 e. The zero-order valence-electron chi connectivity index (χ0n) is 11.0. The third-order valence-electron chi connectivity index (χ3n) is 3.41. The zero-order chi connectivity index (χ0) is 13.8. The number of fused-ring (bicyclic) bond motifs is 1. The van der Waals surface area contributed by atoms with Gasteiger partial charge in [-0.15, -0.1) is 11.8 Å². The van der Waals surface area contributed by atoms with E-state index in [1.807, 2.05) is 18.2 Å². The van der Waals surface area contributed by atoms with Crippen molar-refractivity contribution >= 4 is 17.7 Å². The highest BCUT2D eigenvalue weighted by atomic mass is 32.2. The molecule has 0 saturated heterocycles. The van der Waals surface area contributed by atoms with Crippen molar-refractivity contribution in [3.8, 4) is 0 Å². The molecule has 0 radical (unpaired) electrons. The van der Waals surface area contributed by atoms with Gasteiger partial charge in [0.15, 0.2) is 0 Å². The summed E-state index contributed by atoms with van der Waals surface area (Å²) >= 11 is 1.52. The van der Waals surface area contributed by atoms with Crippen molar-refractivity contribution in [1.29, 1.82) is 0 Å². The van der Waals surface area contributed by atoms with Crippen LogP contribution in [0.5, 0.6) is 0 Å². The van der Waals surface area contributed by atoms with Crippen LogP contribution < -0.4 is 5.32 Å². The fraction of sp³-hybridized carbons (Fsp3) is 0.333. The lowest BCUT2D eigenvalue weighted by Gasteiger charge is -2.22. The molecule has 0 fully saturated rings. The van der Waals surface area contributed by atoms with Crippen molar-refractivity contribution in [2.24, 2.45) is 0 Å². The molecular weight excluding hydrogens is 272 g/mol. The molecule has 1 unspecified atom stereocenters. The molecule has 2 aromatic rings. The summed E-state index contributed by atoms with van der Waals surface area (Å²) in [5, 5.41) is 3.10. The quantitative estimate of drug-likeness (QED) is 0.879. The van der Waals surface area contributed by atoms with Gasteiger partial charge in [-0.05, 0) is 31.0 Å². The lowest BCUT2D eigenvalue weighted by molar-refractivity contribution is -0.119. The predicted octanol–water partition coefficient (Wildman–Crippen LogP) is 2.96. The first-order chi connectivity index (χ1) is 9.83. The van der Waals surface area contributed by atoms with Crippen molar-refractivity contribution in [2.75, 3.05) is 5.75 Å². The van der Waals surface area contributed by atoms with E-state index in [-0.39, 0.29) is 11.9 Å². The van der Waals surface area contributed by atoms with E-state index in [4.69, 9.17) is 4.42 Å². The van der Waals surface area contributed by atoms with Crippen LogP contribution in [0.1, 0.15) is 30.2 Å². The first-order valence-corrected chi connectivity index (χ1v) is 7.70. The number of rotatable bonds is 4. The maximum absolute atomic E-state index is 12.0. The van der Waals surface area contributed by atoms with Gasteiger partial charge < -0.3 is 9.73 Å². The van der Waals surface area contributed by atoms with E-state index in [9.17, 15) is 4.79 Å². The zero-order valence-corrected chi connectivity index (χ0v) is 11.9. The van der Waals surface area contributed by atoms with Crippen LogP contribution >= 0.6 is 11.8 Å². The van der Waals surface area contributed by atoms with Gasteiger partial charge in [-0.25, -0.2) is 0 Å². The first-order valence-electron chi connectivity index (χ1n) is 6.71. The molecule has 0 aliphatic heterocycles. The number of carbonyl (C=O) groups is 1. The summed E-state index contributed by atoms with van der Waals surface area (Å²) < 4.78 is 5.43. The monoisotopic (exact) mass is 288 g/mol. The highest BCUT2D eigenvalue weighted by Gasteiger charge is 2.23. The number of furan rings is 1. The smallest absolute Gasteiger partial charge is 0.230 e. The average Bonchev–Trinajstić information content (AvgIpc) is 2.96. The highest BCUT2D eigenvalue weighted by molar-refractivity contribution is 8.00. The van der Waals surface area contributed by atoms with E-state index in [1.54, 1.807) is 18.7 Å². The lowest BCUT2D eigenvalue weighted by Crippen LogP contribution is -2.31. The lowest BCUT2D eigenvalue weighted by atomic mass is 9.93. The Morgan fingerprint density at radius 3 is 3.10 bits per heavy atom. The minimum absolute atomic E-state index is 0.0610.